The minimum Gasteiger partial charge on any atom is -0.337 e. The van der Waals surface area contributed by atoms with Crippen LogP contribution in [0, 0.1) is 13.8 Å². The average Bonchev–Trinajstić information content (AvgIpc) is 2.77. The number of rotatable bonds is 4. The van der Waals surface area contributed by atoms with Crippen molar-refractivity contribution in [1.29, 1.82) is 0 Å². The maximum Gasteiger partial charge on any atom is 0.321 e. The van der Waals surface area contributed by atoms with Gasteiger partial charge in [0.2, 0.25) is 0 Å². The number of hydrogen-bond acceptors (Lipinski definition) is 4. The van der Waals surface area contributed by atoms with E-state index in [4.69, 9.17) is 0 Å². The smallest absolute Gasteiger partial charge is 0.321 e. The first-order valence-electron chi connectivity index (χ1n) is 6.39. The molecule has 2 aromatic rings. The van der Waals surface area contributed by atoms with Gasteiger partial charge < -0.3 is 5.32 Å². The van der Waals surface area contributed by atoms with E-state index in [1.54, 1.807) is 7.05 Å². The van der Waals surface area contributed by atoms with Crippen molar-refractivity contribution in [1.82, 2.24) is 25.5 Å². The number of amides is 2. The Morgan fingerprint density at radius 2 is 2.15 bits per heavy atom. The second kappa shape index (κ2) is 6.14. The summed E-state index contributed by atoms with van der Waals surface area (Å²) in [5.41, 5.74) is 3.71. The summed E-state index contributed by atoms with van der Waals surface area (Å²) in [7, 11) is 1.64. The number of nitrogens with one attached hydrogen (secondary N) is 2. The Morgan fingerprint density at radius 3 is 2.80 bits per heavy atom. The Kier molecular flexibility index (Phi) is 4.29. The van der Waals surface area contributed by atoms with Gasteiger partial charge in [0.05, 0.1) is 7.05 Å². The van der Waals surface area contributed by atoms with Crippen LogP contribution in [-0.4, -0.2) is 32.8 Å². The van der Waals surface area contributed by atoms with Gasteiger partial charge in [0.25, 0.3) is 5.95 Å². The van der Waals surface area contributed by atoms with Crippen molar-refractivity contribution in [3.05, 3.63) is 34.9 Å². The molecular weight excluding hydrogens is 256 g/mol. The third-order valence-corrected chi connectivity index (χ3v) is 2.91. The summed E-state index contributed by atoms with van der Waals surface area (Å²) in [5, 5.41) is 16.5. The number of carbonyl (C=O) groups excluding carboxylic acids is 1. The van der Waals surface area contributed by atoms with Crippen molar-refractivity contribution in [3.63, 3.8) is 0 Å². The van der Waals surface area contributed by atoms with Gasteiger partial charge in [-0.05, 0) is 36.6 Å². The van der Waals surface area contributed by atoms with Crippen LogP contribution >= 0.6 is 0 Å². The van der Waals surface area contributed by atoms with E-state index >= 15 is 0 Å². The van der Waals surface area contributed by atoms with Crippen LogP contribution in [0.15, 0.2) is 18.2 Å². The molecule has 2 rings (SSSR count). The number of nitrogens with zero attached hydrogens (tertiary/aromatic N) is 4. The molecule has 20 heavy (non-hydrogen) atoms. The summed E-state index contributed by atoms with van der Waals surface area (Å²) in [4.78, 5) is 12.9. The Hall–Kier alpha value is -2.44. The molecule has 7 nitrogen and oxygen atoms in total. The van der Waals surface area contributed by atoms with Crippen molar-refractivity contribution < 1.29 is 4.79 Å². The highest BCUT2D eigenvalue weighted by Gasteiger charge is 2.06. The van der Waals surface area contributed by atoms with E-state index in [-0.39, 0.29) is 12.0 Å². The molecule has 0 fully saturated rings. The van der Waals surface area contributed by atoms with Crippen LogP contribution in [0.25, 0.3) is 0 Å². The molecule has 0 radical (unpaired) electrons. The Labute approximate surface area is 117 Å². The Morgan fingerprint density at radius 1 is 1.35 bits per heavy atom. The molecule has 0 aliphatic carbocycles. The molecule has 2 N–H and O–H groups in total. The van der Waals surface area contributed by atoms with Crippen LogP contribution < -0.4 is 10.6 Å². The molecule has 7 heteroatoms. The normalized spacial score (nSPS) is 10.3. The van der Waals surface area contributed by atoms with E-state index in [9.17, 15) is 4.79 Å². The summed E-state index contributed by atoms with van der Waals surface area (Å²) in [6, 6.07) is 5.97. The Balaban J connectivity index is 1.79. The highest BCUT2D eigenvalue weighted by Crippen LogP contribution is 2.10. The highest BCUT2D eigenvalue weighted by atomic mass is 16.2. The predicted octanol–water partition coefficient (Wildman–Crippen LogP) is 1.19. The molecule has 0 atom stereocenters. The van der Waals surface area contributed by atoms with Crippen molar-refractivity contribution in [3.8, 4) is 0 Å². The Bertz CT molecular complexity index is 607. The lowest BCUT2D eigenvalue weighted by atomic mass is 10.0. The van der Waals surface area contributed by atoms with Gasteiger partial charge in [0, 0.05) is 6.54 Å². The largest absolute Gasteiger partial charge is 0.337 e. The van der Waals surface area contributed by atoms with E-state index in [0.717, 1.165) is 6.42 Å². The maximum atomic E-state index is 11.6. The topological polar surface area (TPSA) is 84.7 Å². The van der Waals surface area contributed by atoms with Gasteiger partial charge in [-0.2, -0.15) is 4.80 Å². The van der Waals surface area contributed by atoms with E-state index in [0.29, 0.717) is 6.54 Å². The molecule has 0 saturated carbocycles. The van der Waals surface area contributed by atoms with Crippen molar-refractivity contribution >= 4 is 12.0 Å². The third-order valence-electron chi connectivity index (χ3n) is 2.91. The molecule has 0 aliphatic heterocycles. The number of benzene rings is 1. The zero-order chi connectivity index (χ0) is 14.5. The molecular formula is C13H18N6O. The minimum atomic E-state index is -0.331. The lowest BCUT2D eigenvalue weighted by Gasteiger charge is -2.08. The van der Waals surface area contributed by atoms with Crippen molar-refractivity contribution in [2.24, 2.45) is 7.05 Å². The number of hydrogen-bond donors (Lipinski definition) is 2. The molecule has 1 aromatic carbocycles. The van der Waals surface area contributed by atoms with E-state index in [1.807, 2.05) is 0 Å². The van der Waals surface area contributed by atoms with Gasteiger partial charge in [0.1, 0.15) is 0 Å². The summed E-state index contributed by atoms with van der Waals surface area (Å²) in [6.45, 7) is 4.69. The average molecular weight is 274 g/mol. The van der Waals surface area contributed by atoms with Gasteiger partial charge in [-0.1, -0.05) is 28.9 Å². The highest BCUT2D eigenvalue weighted by molar-refractivity contribution is 5.87. The first-order valence-corrected chi connectivity index (χ1v) is 6.39. The first-order chi connectivity index (χ1) is 9.54. The fourth-order valence-electron chi connectivity index (χ4n) is 1.92. The fraction of sp³-hybridized carbons (Fsp3) is 0.385. The van der Waals surface area contributed by atoms with Crippen molar-refractivity contribution in [2.75, 3.05) is 11.9 Å². The third kappa shape index (κ3) is 3.78. The molecule has 0 aliphatic rings. The van der Waals surface area contributed by atoms with Crippen LogP contribution in [0.3, 0.4) is 0 Å². The molecule has 0 spiro atoms. The van der Waals surface area contributed by atoms with Gasteiger partial charge in [-0.15, -0.1) is 5.10 Å². The van der Waals surface area contributed by atoms with Crippen LogP contribution in [0.5, 0.6) is 0 Å². The van der Waals surface area contributed by atoms with E-state index < -0.39 is 0 Å². The summed E-state index contributed by atoms with van der Waals surface area (Å²) < 4.78 is 0. The molecule has 106 valence electrons. The van der Waals surface area contributed by atoms with Gasteiger partial charge in [-0.25, -0.2) is 4.79 Å². The summed E-state index contributed by atoms with van der Waals surface area (Å²) in [5.74, 6) is 0.191. The molecule has 1 heterocycles. The van der Waals surface area contributed by atoms with Crippen LogP contribution in [-0.2, 0) is 13.5 Å². The summed E-state index contributed by atoms with van der Waals surface area (Å²) >= 11 is 0. The van der Waals surface area contributed by atoms with Gasteiger partial charge >= 0.3 is 6.03 Å². The molecule has 0 unspecified atom stereocenters. The SMILES string of the molecule is Cc1ccc(CCNC(=O)Nc2nnn(C)n2)c(C)c1. The number of anilines is 1. The van der Waals surface area contributed by atoms with Crippen LogP contribution in [0.1, 0.15) is 16.7 Å². The zero-order valence-corrected chi connectivity index (χ0v) is 11.8. The quantitative estimate of drug-likeness (QED) is 0.877. The number of urea groups is 1. The lowest BCUT2D eigenvalue weighted by Crippen LogP contribution is -2.31. The van der Waals surface area contributed by atoms with Crippen LogP contribution in [0.2, 0.25) is 0 Å². The second-order valence-electron chi connectivity index (χ2n) is 4.66. The van der Waals surface area contributed by atoms with Gasteiger partial charge in [0.15, 0.2) is 0 Å². The van der Waals surface area contributed by atoms with Gasteiger partial charge in [-0.3, -0.25) is 5.32 Å². The van der Waals surface area contributed by atoms with Crippen molar-refractivity contribution in [2.45, 2.75) is 20.3 Å². The first kappa shape index (κ1) is 14.0. The molecule has 2 amide bonds. The van der Waals surface area contributed by atoms with E-state index in [1.165, 1.54) is 21.5 Å². The number of carbonyl (C=O) groups is 1. The lowest BCUT2D eigenvalue weighted by molar-refractivity contribution is 0.252. The number of aromatic nitrogens is 4. The number of tetrazole rings is 1. The van der Waals surface area contributed by atoms with E-state index in [2.05, 4.69) is 58.1 Å². The molecule has 1 aromatic heterocycles. The fourth-order valence-corrected chi connectivity index (χ4v) is 1.92. The standard InChI is InChI=1S/C13H18N6O/c1-9-4-5-11(10(2)8-9)6-7-14-13(20)15-12-16-18-19(3)17-12/h4-5,8H,6-7H2,1-3H3,(H2,14,15,17,20). The maximum absolute atomic E-state index is 11.6. The monoisotopic (exact) mass is 274 g/mol. The predicted molar refractivity (Wildman–Crippen MR) is 75.4 cm³/mol. The zero-order valence-electron chi connectivity index (χ0n) is 11.8. The van der Waals surface area contributed by atoms with Crippen LogP contribution in [0.4, 0.5) is 10.7 Å². The number of aryl methyl sites for hydroxylation is 3. The minimum absolute atomic E-state index is 0.191. The molecule has 0 saturated heterocycles. The second-order valence-corrected chi connectivity index (χ2v) is 4.66. The summed E-state index contributed by atoms with van der Waals surface area (Å²) in [6.07, 6.45) is 0.785. The molecule has 0 bridgehead atoms.